The lowest BCUT2D eigenvalue weighted by atomic mass is 10.1. The first kappa shape index (κ1) is 14.5. The van der Waals surface area contributed by atoms with Crippen LogP contribution in [0, 0.1) is 3.57 Å². The topological polar surface area (TPSA) is 67.5 Å². The van der Waals surface area contributed by atoms with Crippen molar-refractivity contribution in [3.05, 3.63) is 63.2 Å². The summed E-state index contributed by atoms with van der Waals surface area (Å²) >= 11 is 2.12. The summed E-state index contributed by atoms with van der Waals surface area (Å²) in [6.45, 7) is 1.84. The number of rotatable bonds is 3. The molecular formula is C15H14IN3O. The van der Waals surface area contributed by atoms with Crippen molar-refractivity contribution in [2.75, 3.05) is 5.73 Å². The van der Waals surface area contributed by atoms with Gasteiger partial charge in [-0.1, -0.05) is 24.3 Å². The first-order valence-electron chi connectivity index (χ1n) is 6.03. The van der Waals surface area contributed by atoms with Crippen LogP contribution in [0.15, 0.2) is 53.6 Å². The molecule has 1 amide bonds. The van der Waals surface area contributed by atoms with Crippen LogP contribution in [0.5, 0.6) is 0 Å². The quantitative estimate of drug-likeness (QED) is 0.373. The van der Waals surface area contributed by atoms with Gasteiger partial charge in [-0.25, -0.2) is 5.43 Å². The molecule has 0 aliphatic heterocycles. The molecule has 0 saturated heterocycles. The normalized spacial score (nSPS) is 11.2. The maximum absolute atomic E-state index is 12.0. The molecule has 2 rings (SSSR count). The van der Waals surface area contributed by atoms with Crippen LogP contribution in [0.25, 0.3) is 0 Å². The summed E-state index contributed by atoms with van der Waals surface area (Å²) in [5, 5.41) is 4.11. The number of hydrogen-bond donors (Lipinski definition) is 2. The van der Waals surface area contributed by atoms with Crippen LogP contribution < -0.4 is 11.2 Å². The Kier molecular flexibility index (Phi) is 4.73. The number of nitrogen functional groups attached to an aromatic ring is 1. The first-order valence-corrected chi connectivity index (χ1v) is 7.11. The predicted octanol–water partition coefficient (Wildman–Crippen LogP) is 3.03. The Morgan fingerprint density at radius 2 is 1.80 bits per heavy atom. The molecule has 0 spiro atoms. The highest BCUT2D eigenvalue weighted by Gasteiger charge is 2.08. The predicted molar refractivity (Wildman–Crippen MR) is 89.7 cm³/mol. The van der Waals surface area contributed by atoms with Crippen molar-refractivity contribution in [1.29, 1.82) is 0 Å². The summed E-state index contributed by atoms with van der Waals surface area (Å²) in [5.41, 5.74) is 11.2. The first-order chi connectivity index (χ1) is 9.58. The van der Waals surface area contributed by atoms with E-state index in [1.807, 2.05) is 37.3 Å². The zero-order valence-electron chi connectivity index (χ0n) is 10.9. The van der Waals surface area contributed by atoms with E-state index in [0.29, 0.717) is 11.3 Å². The van der Waals surface area contributed by atoms with Gasteiger partial charge < -0.3 is 5.73 Å². The summed E-state index contributed by atoms with van der Waals surface area (Å²) in [5.74, 6) is -0.218. The monoisotopic (exact) mass is 379 g/mol. The molecule has 0 aliphatic rings. The molecule has 0 fully saturated rings. The highest BCUT2D eigenvalue weighted by atomic mass is 127. The molecule has 0 radical (unpaired) electrons. The second-order valence-corrected chi connectivity index (χ2v) is 5.40. The summed E-state index contributed by atoms with van der Waals surface area (Å²) in [6.07, 6.45) is 0. The zero-order valence-corrected chi connectivity index (χ0v) is 13.1. The lowest BCUT2D eigenvalue weighted by Gasteiger charge is -2.05. The van der Waals surface area contributed by atoms with Gasteiger partial charge >= 0.3 is 0 Å². The van der Waals surface area contributed by atoms with Crippen LogP contribution in [0.3, 0.4) is 0 Å². The third-order valence-corrected chi connectivity index (χ3v) is 3.71. The van der Waals surface area contributed by atoms with Gasteiger partial charge in [0.25, 0.3) is 5.91 Å². The average molecular weight is 379 g/mol. The molecule has 0 saturated carbocycles. The number of hydrazone groups is 1. The number of amides is 1. The van der Waals surface area contributed by atoms with E-state index in [4.69, 9.17) is 5.73 Å². The number of hydrogen-bond acceptors (Lipinski definition) is 3. The standard InChI is InChI=1S/C15H14IN3O/c1-10(11-6-8-12(17)9-7-11)18-19-15(20)13-4-2-3-5-14(13)16/h2-9H,17H2,1H3,(H,19,20)/b18-10+. The molecule has 0 aromatic heterocycles. The average Bonchev–Trinajstić information content (AvgIpc) is 2.45. The van der Waals surface area contributed by atoms with Crippen LogP contribution in [-0.4, -0.2) is 11.6 Å². The van der Waals surface area contributed by atoms with Gasteiger partial charge in [-0.15, -0.1) is 0 Å². The number of halogens is 1. The lowest BCUT2D eigenvalue weighted by molar-refractivity contribution is 0.0954. The fraction of sp³-hybridized carbons (Fsp3) is 0.0667. The molecule has 0 unspecified atom stereocenters. The van der Waals surface area contributed by atoms with E-state index in [1.54, 1.807) is 18.2 Å². The van der Waals surface area contributed by atoms with Crippen molar-refractivity contribution in [1.82, 2.24) is 5.43 Å². The number of nitrogens with one attached hydrogen (secondary N) is 1. The van der Waals surface area contributed by atoms with Crippen molar-refractivity contribution in [2.24, 2.45) is 5.10 Å². The lowest BCUT2D eigenvalue weighted by Crippen LogP contribution is -2.20. The van der Waals surface area contributed by atoms with E-state index < -0.39 is 0 Å². The summed E-state index contributed by atoms with van der Waals surface area (Å²) < 4.78 is 0.892. The van der Waals surface area contributed by atoms with Crippen molar-refractivity contribution in [3.63, 3.8) is 0 Å². The van der Waals surface area contributed by atoms with Crippen LogP contribution in [-0.2, 0) is 0 Å². The number of benzene rings is 2. The van der Waals surface area contributed by atoms with Crippen molar-refractivity contribution in [3.8, 4) is 0 Å². The minimum absolute atomic E-state index is 0.218. The van der Waals surface area contributed by atoms with Crippen LogP contribution in [0.2, 0.25) is 0 Å². The molecule has 0 bridgehead atoms. The Hall–Kier alpha value is -1.89. The second kappa shape index (κ2) is 6.51. The van der Waals surface area contributed by atoms with Gasteiger partial charge in [0.1, 0.15) is 0 Å². The van der Waals surface area contributed by atoms with Gasteiger partial charge in [0.05, 0.1) is 11.3 Å². The molecule has 5 heteroatoms. The summed E-state index contributed by atoms with van der Waals surface area (Å²) in [4.78, 5) is 12.0. The minimum atomic E-state index is -0.218. The summed E-state index contributed by atoms with van der Waals surface area (Å²) in [6, 6.07) is 14.7. The number of nitrogens with zero attached hydrogens (tertiary/aromatic N) is 1. The smallest absolute Gasteiger partial charge is 0.272 e. The second-order valence-electron chi connectivity index (χ2n) is 4.24. The van der Waals surface area contributed by atoms with E-state index in [0.717, 1.165) is 14.8 Å². The Labute approximate surface area is 131 Å². The van der Waals surface area contributed by atoms with Gasteiger partial charge in [0.2, 0.25) is 0 Å². The third kappa shape index (κ3) is 3.57. The van der Waals surface area contributed by atoms with Crippen LogP contribution >= 0.6 is 22.6 Å². The Morgan fingerprint density at radius 3 is 2.45 bits per heavy atom. The summed E-state index contributed by atoms with van der Waals surface area (Å²) in [7, 11) is 0. The zero-order chi connectivity index (χ0) is 14.5. The van der Waals surface area contributed by atoms with E-state index in [1.165, 1.54) is 0 Å². The van der Waals surface area contributed by atoms with Crippen molar-refractivity contribution < 1.29 is 4.79 Å². The molecule has 0 aliphatic carbocycles. The molecule has 20 heavy (non-hydrogen) atoms. The molecule has 2 aromatic carbocycles. The number of carbonyl (C=O) groups excluding carboxylic acids is 1. The van der Waals surface area contributed by atoms with Crippen LogP contribution in [0.1, 0.15) is 22.8 Å². The molecule has 102 valence electrons. The van der Waals surface area contributed by atoms with Crippen LogP contribution in [0.4, 0.5) is 5.69 Å². The Morgan fingerprint density at radius 1 is 1.15 bits per heavy atom. The largest absolute Gasteiger partial charge is 0.399 e. The highest BCUT2D eigenvalue weighted by molar-refractivity contribution is 14.1. The van der Waals surface area contributed by atoms with Crippen molar-refractivity contribution >= 4 is 39.9 Å². The van der Waals surface area contributed by atoms with E-state index in [9.17, 15) is 4.79 Å². The number of carbonyl (C=O) groups is 1. The van der Waals surface area contributed by atoms with E-state index >= 15 is 0 Å². The molecule has 3 N–H and O–H groups in total. The third-order valence-electron chi connectivity index (χ3n) is 2.77. The molecule has 2 aromatic rings. The molecule has 0 heterocycles. The van der Waals surface area contributed by atoms with Gasteiger partial charge in [-0.05, 0) is 59.3 Å². The van der Waals surface area contributed by atoms with Gasteiger partial charge in [-0.2, -0.15) is 5.10 Å². The highest BCUT2D eigenvalue weighted by Crippen LogP contribution is 2.11. The molecule has 4 nitrogen and oxygen atoms in total. The Bertz CT molecular complexity index is 650. The molecular weight excluding hydrogens is 365 g/mol. The fourth-order valence-corrected chi connectivity index (χ4v) is 2.26. The molecule has 0 atom stereocenters. The maximum Gasteiger partial charge on any atom is 0.272 e. The minimum Gasteiger partial charge on any atom is -0.399 e. The Balaban J connectivity index is 2.11. The fourth-order valence-electron chi connectivity index (χ4n) is 1.63. The SMILES string of the molecule is C/C(=N\NC(=O)c1ccccc1I)c1ccc(N)cc1. The van der Waals surface area contributed by atoms with E-state index in [2.05, 4.69) is 33.1 Å². The van der Waals surface area contributed by atoms with Gasteiger partial charge in [0.15, 0.2) is 0 Å². The van der Waals surface area contributed by atoms with Crippen molar-refractivity contribution in [2.45, 2.75) is 6.92 Å². The van der Waals surface area contributed by atoms with E-state index in [-0.39, 0.29) is 5.91 Å². The number of anilines is 1. The van der Waals surface area contributed by atoms with Gasteiger partial charge in [0, 0.05) is 9.26 Å². The van der Waals surface area contributed by atoms with Gasteiger partial charge in [-0.3, -0.25) is 4.79 Å². The maximum atomic E-state index is 12.0. The number of nitrogens with two attached hydrogens (primary N) is 1.